The van der Waals surface area contributed by atoms with Crippen LogP contribution in [-0.2, 0) is 0 Å². The first-order chi connectivity index (χ1) is 12.5. The van der Waals surface area contributed by atoms with Gasteiger partial charge in [-0.1, -0.05) is 23.5 Å². The van der Waals surface area contributed by atoms with E-state index in [1.165, 1.54) is 16.9 Å². The van der Waals surface area contributed by atoms with Gasteiger partial charge in [0.2, 0.25) is 5.78 Å². The zero-order chi connectivity index (χ0) is 18.7. The van der Waals surface area contributed by atoms with Gasteiger partial charge < -0.3 is 15.8 Å². The molecule has 0 atom stereocenters. The van der Waals surface area contributed by atoms with E-state index in [1.54, 1.807) is 24.3 Å². The summed E-state index contributed by atoms with van der Waals surface area (Å²) >= 11 is 1.26. The minimum atomic E-state index is -0.142. The number of ether oxygens (including phenoxy) is 1. The van der Waals surface area contributed by atoms with Crippen LogP contribution < -0.4 is 15.8 Å². The summed E-state index contributed by atoms with van der Waals surface area (Å²) in [5.41, 5.74) is 9.83. The van der Waals surface area contributed by atoms with Gasteiger partial charge in [0.15, 0.2) is 5.13 Å². The second-order valence-electron chi connectivity index (χ2n) is 5.89. The average molecular weight is 367 g/mol. The van der Waals surface area contributed by atoms with Crippen LogP contribution in [0.3, 0.4) is 0 Å². The maximum absolute atomic E-state index is 12.7. The van der Waals surface area contributed by atoms with E-state index in [9.17, 15) is 4.79 Å². The van der Waals surface area contributed by atoms with E-state index >= 15 is 0 Å². The Bertz CT molecular complexity index is 933. The van der Waals surface area contributed by atoms with Crippen LogP contribution >= 0.6 is 11.3 Å². The van der Waals surface area contributed by atoms with E-state index in [1.807, 2.05) is 26.0 Å². The number of hydrogen-bond donors (Lipinski definition) is 2. The Hall–Kier alpha value is -2.86. The molecule has 3 aromatic rings. The number of aryl methyl sites for hydroxylation is 1. The maximum atomic E-state index is 12.7. The van der Waals surface area contributed by atoms with Crippen LogP contribution in [0, 0.1) is 13.8 Å². The lowest BCUT2D eigenvalue weighted by Gasteiger charge is -2.08. The van der Waals surface area contributed by atoms with Gasteiger partial charge in [-0.25, -0.2) is 4.98 Å². The third kappa shape index (κ3) is 3.70. The first kappa shape index (κ1) is 17.9. The number of nitrogens with one attached hydrogen (secondary N) is 1. The molecule has 0 saturated heterocycles. The van der Waals surface area contributed by atoms with Gasteiger partial charge in [-0.15, -0.1) is 0 Å². The highest BCUT2D eigenvalue weighted by molar-refractivity contribution is 7.18. The SMILES string of the molecule is CCOc1ccc(C(=O)c2sc(Nc3cccc(C)c3C)nc2N)cc1. The van der Waals surface area contributed by atoms with Gasteiger partial charge in [-0.2, -0.15) is 0 Å². The molecule has 0 saturated carbocycles. The highest BCUT2D eigenvalue weighted by atomic mass is 32.1. The molecule has 0 aliphatic rings. The molecule has 0 bridgehead atoms. The van der Waals surface area contributed by atoms with Crippen LogP contribution in [0.15, 0.2) is 42.5 Å². The Morgan fingerprint density at radius 1 is 1.19 bits per heavy atom. The molecule has 0 aliphatic carbocycles. The van der Waals surface area contributed by atoms with Crippen molar-refractivity contribution in [1.82, 2.24) is 4.98 Å². The summed E-state index contributed by atoms with van der Waals surface area (Å²) in [5.74, 6) is 0.831. The summed E-state index contributed by atoms with van der Waals surface area (Å²) in [6, 6.07) is 13.1. The Balaban J connectivity index is 1.83. The number of carbonyl (C=O) groups is 1. The fraction of sp³-hybridized carbons (Fsp3) is 0.200. The van der Waals surface area contributed by atoms with Gasteiger partial charge in [0.1, 0.15) is 16.4 Å². The van der Waals surface area contributed by atoms with Crippen molar-refractivity contribution in [2.45, 2.75) is 20.8 Å². The zero-order valence-electron chi connectivity index (χ0n) is 15.0. The smallest absolute Gasteiger partial charge is 0.206 e. The summed E-state index contributed by atoms with van der Waals surface area (Å²) in [4.78, 5) is 17.5. The molecule has 3 rings (SSSR count). The number of nitrogens with two attached hydrogens (primary N) is 1. The van der Waals surface area contributed by atoms with Crippen LogP contribution in [0.5, 0.6) is 5.75 Å². The summed E-state index contributed by atoms with van der Waals surface area (Å²) in [5, 5.41) is 3.86. The standard InChI is InChI=1S/C20H21N3O2S/c1-4-25-15-10-8-14(9-11-15)17(24)18-19(21)23-20(26-18)22-16-7-5-6-12(2)13(16)3/h5-11H,4,21H2,1-3H3,(H,22,23). The van der Waals surface area contributed by atoms with Crippen molar-refractivity contribution < 1.29 is 9.53 Å². The highest BCUT2D eigenvalue weighted by Crippen LogP contribution is 2.31. The lowest BCUT2D eigenvalue weighted by atomic mass is 10.1. The molecule has 0 spiro atoms. The van der Waals surface area contributed by atoms with Crippen LogP contribution in [0.1, 0.15) is 33.3 Å². The summed E-state index contributed by atoms with van der Waals surface area (Å²) in [7, 11) is 0. The van der Waals surface area contributed by atoms with E-state index in [-0.39, 0.29) is 11.6 Å². The molecule has 3 N–H and O–H groups in total. The first-order valence-corrected chi connectivity index (χ1v) is 9.18. The molecule has 6 heteroatoms. The predicted molar refractivity (Wildman–Crippen MR) is 107 cm³/mol. The largest absolute Gasteiger partial charge is 0.494 e. The Morgan fingerprint density at radius 2 is 1.92 bits per heavy atom. The van der Waals surface area contributed by atoms with Crippen molar-refractivity contribution in [2.75, 3.05) is 17.7 Å². The van der Waals surface area contributed by atoms with Crippen LogP contribution in [0.4, 0.5) is 16.6 Å². The van der Waals surface area contributed by atoms with Crippen molar-refractivity contribution in [3.05, 3.63) is 64.0 Å². The van der Waals surface area contributed by atoms with Crippen LogP contribution in [0.25, 0.3) is 0 Å². The topological polar surface area (TPSA) is 77.2 Å². The van der Waals surface area contributed by atoms with Gasteiger partial charge in [-0.05, 0) is 62.2 Å². The van der Waals surface area contributed by atoms with Gasteiger partial charge in [0.25, 0.3) is 0 Å². The van der Waals surface area contributed by atoms with E-state index in [4.69, 9.17) is 10.5 Å². The predicted octanol–water partition coefficient (Wildman–Crippen LogP) is 4.72. The Morgan fingerprint density at radius 3 is 2.62 bits per heavy atom. The molecule has 0 radical (unpaired) electrons. The van der Waals surface area contributed by atoms with E-state index < -0.39 is 0 Å². The van der Waals surface area contributed by atoms with Crippen molar-refractivity contribution in [3.63, 3.8) is 0 Å². The fourth-order valence-electron chi connectivity index (χ4n) is 2.55. The van der Waals surface area contributed by atoms with Crippen molar-refractivity contribution in [1.29, 1.82) is 0 Å². The zero-order valence-corrected chi connectivity index (χ0v) is 15.8. The summed E-state index contributed by atoms with van der Waals surface area (Å²) in [6.07, 6.45) is 0. The molecule has 0 unspecified atom stereocenters. The quantitative estimate of drug-likeness (QED) is 0.617. The third-order valence-corrected chi connectivity index (χ3v) is 5.12. The number of aromatic nitrogens is 1. The van der Waals surface area contributed by atoms with Gasteiger partial charge in [0.05, 0.1) is 6.61 Å². The molecule has 0 aliphatic heterocycles. The minimum absolute atomic E-state index is 0.142. The number of benzene rings is 2. The van der Waals surface area contributed by atoms with Gasteiger partial charge >= 0.3 is 0 Å². The Labute approximate surface area is 156 Å². The van der Waals surface area contributed by atoms with Crippen molar-refractivity contribution >= 4 is 33.8 Å². The molecule has 26 heavy (non-hydrogen) atoms. The summed E-state index contributed by atoms with van der Waals surface area (Å²) in [6.45, 7) is 6.60. The third-order valence-electron chi connectivity index (χ3n) is 4.13. The number of nitrogens with zero attached hydrogens (tertiary/aromatic N) is 1. The lowest BCUT2D eigenvalue weighted by molar-refractivity contribution is 0.104. The second kappa shape index (κ2) is 7.58. The fourth-order valence-corrected chi connectivity index (χ4v) is 3.41. The van der Waals surface area contributed by atoms with Crippen molar-refractivity contribution in [2.24, 2.45) is 0 Å². The molecule has 0 fully saturated rings. The molecule has 134 valence electrons. The minimum Gasteiger partial charge on any atom is -0.494 e. The normalized spacial score (nSPS) is 10.6. The lowest BCUT2D eigenvalue weighted by Crippen LogP contribution is -2.02. The Kier molecular flexibility index (Phi) is 5.23. The van der Waals surface area contributed by atoms with Gasteiger partial charge in [0, 0.05) is 11.3 Å². The number of anilines is 3. The monoisotopic (exact) mass is 367 g/mol. The number of ketones is 1. The number of rotatable bonds is 6. The van der Waals surface area contributed by atoms with Crippen LogP contribution in [-0.4, -0.2) is 17.4 Å². The molecule has 5 nitrogen and oxygen atoms in total. The van der Waals surface area contributed by atoms with Crippen LogP contribution in [0.2, 0.25) is 0 Å². The first-order valence-electron chi connectivity index (χ1n) is 8.36. The van der Waals surface area contributed by atoms with E-state index in [0.29, 0.717) is 22.2 Å². The number of nitrogen functional groups attached to an aromatic ring is 1. The van der Waals surface area contributed by atoms with Crippen molar-refractivity contribution in [3.8, 4) is 5.75 Å². The molecule has 2 aromatic carbocycles. The van der Waals surface area contributed by atoms with E-state index in [0.717, 1.165) is 17.0 Å². The van der Waals surface area contributed by atoms with E-state index in [2.05, 4.69) is 23.3 Å². The number of hydrogen-bond acceptors (Lipinski definition) is 6. The number of carbonyl (C=O) groups excluding carboxylic acids is 1. The summed E-state index contributed by atoms with van der Waals surface area (Å²) < 4.78 is 5.41. The molecule has 1 heterocycles. The average Bonchev–Trinajstić information content (AvgIpc) is 2.99. The second-order valence-corrected chi connectivity index (χ2v) is 6.89. The molecule has 0 amide bonds. The molecular formula is C20H21N3O2S. The maximum Gasteiger partial charge on any atom is 0.206 e. The molecule has 1 aromatic heterocycles. The molecular weight excluding hydrogens is 346 g/mol. The van der Waals surface area contributed by atoms with Gasteiger partial charge in [-0.3, -0.25) is 4.79 Å². The number of thiazole rings is 1. The highest BCUT2D eigenvalue weighted by Gasteiger charge is 2.18.